The summed E-state index contributed by atoms with van der Waals surface area (Å²) in [6.07, 6.45) is 8.43. The van der Waals surface area contributed by atoms with E-state index in [4.69, 9.17) is 4.74 Å². The minimum atomic E-state index is 0.647. The molecule has 1 fully saturated rings. The first-order chi connectivity index (χ1) is 9.85. The fourth-order valence-electron chi connectivity index (χ4n) is 3.47. The predicted octanol–water partition coefficient (Wildman–Crippen LogP) is 4.36. The van der Waals surface area contributed by atoms with Gasteiger partial charge in [-0.2, -0.15) is 0 Å². The lowest BCUT2D eigenvalue weighted by atomic mass is 9.81. The van der Waals surface area contributed by atoms with Gasteiger partial charge in [-0.05, 0) is 56.3 Å². The van der Waals surface area contributed by atoms with Gasteiger partial charge in [0.05, 0.1) is 6.61 Å². The second-order valence-corrected chi connectivity index (χ2v) is 5.92. The summed E-state index contributed by atoms with van der Waals surface area (Å²) in [7, 11) is 2.07. The molecule has 1 aromatic rings. The Bertz CT molecular complexity index is 366. The summed E-state index contributed by atoms with van der Waals surface area (Å²) in [5, 5.41) is 3.39. The van der Waals surface area contributed by atoms with Crippen LogP contribution < -0.4 is 10.1 Å². The summed E-state index contributed by atoms with van der Waals surface area (Å²) in [5.74, 6) is 2.47. The van der Waals surface area contributed by atoms with Crippen molar-refractivity contribution in [1.29, 1.82) is 0 Å². The van der Waals surface area contributed by atoms with Gasteiger partial charge in [-0.1, -0.05) is 37.8 Å². The molecule has 2 rings (SSSR count). The van der Waals surface area contributed by atoms with E-state index in [2.05, 4.69) is 36.6 Å². The van der Waals surface area contributed by atoms with Crippen LogP contribution in [0.2, 0.25) is 0 Å². The normalized spacial score (nSPS) is 18.5. The van der Waals surface area contributed by atoms with Crippen LogP contribution >= 0.6 is 0 Å². The molecule has 2 heteroatoms. The van der Waals surface area contributed by atoms with Crippen molar-refractivity contribution in [2.45, 2.75) is 51.4 Å². The quantitative estimate of drug-likeness (QED) is 0.779. The molecule has 2 nitrogen and oxygen atoms in total. The number of ether oxygens (including phenoxy) is 1. The highest BCUT2D eigenvalue weighted by Crippen LogP contribution is 2.35. The number of hydrogen-bond acceptors (Lipinski definition) is 2. The van der Waals surface area contributed by atoms with Gasteiger partial charge in [0, 0.05) is 6.54 Å². The van der Waals surface area contributed by atoms with Gasteiger partial charge < -0.3 is 10.1 Å². The maximum Gasteiger partial charge on any atom is 0.119 e. The SMILES string of the molecule is CCOc1ccc(C(CNC)C2CCCCCC2)cc1. The minimum absolute atomic E-state index is 0.647. The molecule has 1 N–H and O–H groups in total. The van der Waals surface area contributed by atoms with Crippen LogP contribution in [0.25, 0.3) is 0 Å². The lowest BCUT2D eigenvalue weighted by molar-refractivity contribution is 0.339. The van der Waals surface area contributed by atoms with Gasteiger partial charge in [-0.3, -0.25) is 0 Å². The molecule has 1 saturated carbocycles. The van der Waals surface area contributed by atoms with Crippen LogP contribution in [-0.4, -0.2) is 20.2 Å². The van der Waals surface area contributed by atoms with Crippen LogP contribution in [0.3, 0.4) is 0 Å². The van der Waals surface area contributed by atoms with Crippen molar-refractivity contribution in [2.75, 3.05) is 20.2 Å². The van der Waals surface area contributed by atoms with E-state index in [-0.39, 0.29) is 0 Å². The molecule has 0 aromatic heterocycles. The molecule has 0 amide bonds. The summed E-state index contributed by atoms with van der Waals surface area (Å²) in [4.78, 5) is 0. The van der Waals surface area contributed by atoms with Crippen molar-refractivity contribution >= 4 is 0 Å². The first-order valence-corrected chi connectivity index (χ1v) is 8.22. The number of benzene rings is 1. The molecule has 1 aromatic carbocycles. The number of likely N-dealkylation sites (N-methyl/N-ethyl adjacent to an activating group) is 1. The zero-order valence-electron chi connectivity index (χ0n) is 13.0. The van der Waals surface area contributed by atoms with Crippen LogP contribution in [0.4, 0.5) is 0 Å². The molecule has 0 saturated heterocycles. The Hall–Kier alpha value is -1.02. The van der Waals surface area contributed by atoms with Crippen molar-refractivity contribution in [3.8, 4) is 5.75 Å². The monoisotopic (exact) mass is 275 g/mol. The van der Waals surface area contributed by atoms with E-state index in [1.165, 1.54) is 44.1 Å². The highest BCUT2D eigenvalue weighted by molar-refractivity contribution is 5.30. The van der Waals surface area contributed by atoms with E-state index in [0.717, 1.165) is 24.8 Å². The summed E-state index contributed by atoms with van der Waals surface area (Å²) in [6.45, 7) is 3.85. The zero-order valence-corrected chi connectivity index (χ0v) is 13.0. The van der Waals surface area contributed by atoms with E-state index in [1.54, 1.807) is 0 Å². The van der Waals surface area contributed by atoms with E-state index in [9.17, 15) is 0 Å². The molecule has 1 aliphatic rings. The molecule has 0 spiro atoms. The third-order valence-corrected chi connectivity index (χ3v) is 4.51. The number of hydrogen-bond donors (Lipinski definition) is 1. The van der Waals surface area contributed by atoms with E-state index >= 15 is 0 Å². The lowest BCUT2D eigenvalue weighted by Gasteiger charge is -2.26. The highest BCUT2D eigenvalue weighted by Gasteiger charge is 2.23. The Kier molecular flexibility index (Phi) is 6.38. The average molecular weight is 275 g/mol. The first-order valence-electron chi connectivity index (χ1n) is 8.22. The smallest absolute Gasteiger partial charge is 0.119 e. The Morgan fingerprint density at radius 3 is 2.30 bits per heavy atom. The van der Waals surface area contributed by atoms with Crippen LogP contribution in [0.5, 0.6) is 5.75 Å². The van der Waals surface area contributed by atoms with E-state index in [0.29, 0.717) is 5.92 Å². The van der Waals surface area contributed by atoms with Gasteiger partial charge in [-0.15, -0.1) is 0 Å². The van der Waals surface area contributed by atoms with Gasteiger partial charge in [0.1, 0.15) is 5.75 Å². The zero-order chi connectivity index (χ0) is 14.2. The van der Waals surface area contributed by atoms with Crippen molar-refractivity contribution in [3.05, 3.63) is 29.8 Å². The van der Waals surface area contributed by atoms with Crippen molar-refractivity contribution in [1.82, 2.24) is 5.32 Å². The number of nitrogens with one attached hydrogen (secondary N) is 1. The summed E-state index contributed by atoms with van der Waals surface area (Å²) in [6, 6.07) is 8.77. The van der Waals surface area contributed by atoms with E-state index < -0.39 is 0 Å². The average Bonchev–Trinajstić information content (AvgIpc) is 2.75. The third kappa shape index (κ3) is 4.24. The van der Waals surface area contributed by atoms with Crippen LogP contribution in [-0.2, 0) is 0 Å². The van der Waals surface area contributed by atoms with Crippen molar-refractivity contribution in [3.63, 3.8) is 0 Å². The van der Waals surface area contributed by atoms with Gasteiger partial charge in [0.15, 0.2) is 0 Å². The van der Waals surface area contributed by atoms with Crippen LogP contribution in [0.1, 0.15) is 56.9 Å². The molecule has 112 valence electrons. The standard InChI is InChI=1S/C18H29NO/c1-3-20-17-12-10-16(11-13-17)18(14-19-2)15-8-6-4-5-7-9-15/h10-13,15,18-19H,3-9,14H2,1-2H3. The van der Waals surface area contributed by atoms with Gasteiger partial charge in [0.25, 0.3) is 0 Å². The lowest BCUT2D eigenvalue weighted by Crippen LogP contribution is -2.24. The maximum atomic E-state index is 5.55. The highest BCUT2D eigenvalue weighted by atomic mass is 16.5. The Morgan fingerprint density at radius 2 is 1.75 bits per heavy atom. The summed E-state index contributed by atoms with van der Waals surface area (Å²) >= 11 is 0. The van der Waals surface area contributed by atoms with Crippen LogP contribution in [0.15, 0.2) is 24.3 Å². The molecule has 20 heavy (non-hydrogen) atoms. The molecular weight excluding hydrogens is 246 g/mol. The second kappa shape index (κ2) is 8.31. The molecule has 0 aliphatic heterocycles. The fourth-order valence-corrected chi connectivity index (χ4v) is 3.47. The second-order valence-electron chi connectivity index (χ2n) is 5.92. The van der Waals surface area contributed by atoms with Gasteiger partial charge >= 0.3 is 0 Å². The van der Waals surface area contributed by atoms with Crippen LogP contribution in [0, 0.1) is 5.92 Å². The largest absolute Gasteiger partial charge is 0.494 e. The first kappa shape index (κ1) is 15.4. The summed E-state index contributed by atoms with van der Waals surface area (Å²) < 4.78 is 5.55. The number of rotatable bonds is 6. The Morgan fingerprint density at radius 1 is 1.10 bits per heavy atom. The molecule has 0 bridgehead atoms. The molecule has 1 aliphatic carbocycles. The molecule has 1 atom stereocenters. The predicted molar refractivity (Wildman–Crippen MR) is 85.5 cm³/mol. The maximum absolute atomic E-state index is 5.55. The molecule has 0 radical (unpaired) electrons. The third-order valence-electron chi connectivity index (χ3n) is 4.51. The molecule has 0 heterocycles. The van der Waals surface area contributed by atoms with Gasteiger partial charge in [-0.25, -0.2) is 0 Å². The Labute approximate surface area is 123 Å². The Balaban J connectivity index is 2.09. The molecular formula is C18H29NO. The minimum Gasteiger partial charge on any atom is -0.494 e. The van der Waals surface area contributed by atoms with Crippen molar-refractivity contribution in [2.24, 2.45) is 5.92 Å². The van der Waals surface area contributed by atoms with E-state index in [1.807, 2.05) is 6.92 Å². The van der Waals surface area contributed by atoms with Crippen molar-refractivity contribution < 1.29 is 4.74 Å². The molecule has 1 unspecified atom stereocenters. The fraction of sp³-hybridized carbons (Fsp3) is 0.667. The summed E-state index contributed by atoms with van der Waals surface area (Å²) in [5.41, 5.74) is 1.47. The topological polar surface area (TPSA) is 21.3 Å². The van der Waals surface area contributed by atoms with Gasteiger partial charge in [0.2, 0.25) is 0 Å².